The number of likely N-dealkylation sites (N-methyl/N-ethyl adjacent to an activating group) is 1. The Morgan fingerprint density at radius 2 is 0.756 bits per heavy atom. The summed E-state index contributed by atoms with van der Waals surface area (Å²) in [5.74, 6) is -2.03. The summed E-state index contributed by atoms with van der Waals surface area (Å²) in [6.45, 7) is 6.95. The molecule has 0 aliphatic carbocycles. The highest BCUT2D eigenvalue weighted by molar-refractivity contribution is 6.25. The molecule has 0 saturated heterocycles. The number of carboxylic acid groups (broad SMARTS) is 1. The van der Waals surface area contributed by atoms with E-state index in [1.165, 1.54) is 103 Å². The van der Waals surface area contributed by atoms with Crippen LogP contribution in [0, 0.1) is 0 Å². The van der Waals surface area contributed by atoms with E-state index in [1.54, 1.807) is 14.1 Å². The zero-order valence-electron chi connectivity index (χ0n) is 27.9. The van der Waals surface area contributed by atoms with E-state index in [2.05, 4.69) is 13.8 Å². The molecule has 41 heavy (non-hydrogen) atoms. The molecule has 0 atom stereocenters. The molecule has 1 N–H and O–H groups in total. The second-order valence-electron chi connectivity index (χ2n) is 12.8. The molecule has 0 aromatic rings. The van der Waals surface area contributed by atoms with E-state index >= 15 is 0 Å². The Bertz CT molecular complexity index is 627. The van der Waals surface area contributed by atoms with E-state index in [0.29, 0.717) is 19.4 Å². The SMILES string of the molecule is CCCCCCCCCCCCCC(=O)C(C(=O)O)(C(=O)CCCCCCCCCCCCC)[N+](C)(C)CCC.[Br-]. The lowest BCUT2D eigenvalue weighted by Crippen LogP contribution is -3.00. The minimum atomic E-state index is -1.98. The van der Waals surface area contributed by atoms with Gasteiger partial charge < -0.3 is 26.6 Å². The van der Waals surface area contributed by atoms with E-state index in [1.807, 2.05) is 6.92 Å². The second kappa shape index (κ2) is 26.8. The summed E-state index contributed by atoms with van der Waals surface area (Å²) in [7, 11) is 3.52. The zero-order valence-corrected chi connectivity index (χ0v) is 29.5. The number of quaternary nitrogens is 1. The van der Waals surface area contributed by atoms with Gasteiger partial charge in [0, 0.05) is 12.8 Å². The monoisotopic (exact) mass is 645 g/mol. The summed E-state index contributed by atoms with van der Waals surface area (Å²) in [4.78, 5) is 40.0. The Morgan fingerprint density at radius 3 is 1.00 bits per heavy atom. The highest BCUT2D eigenvalue weighted by atomic mass is 79.9. The standard InChI is InChI=1S/C35H67NO4.BrH/c1-6-9-11-13-15-17-19-21-23-25-27-29-32(37)35(34(39)40,36(4,5)31-8-3)33(38)30-28-26-24-22-20-18-16-14-12-10-7-2;/h6-31H2,1-5H3;1H. The highest BCUT2D eigenvalue weighted by Crippen LogP contribution is 2.30. The van der Waals surface area contributed by atoms with Gasteiger partial charge in [-0.05, 0) is 19.3 Å². The van der Waals surface area contributed by atoms with Crippen molar-refractivity contribution in [3.63, 3.8) is 0 Å². The maximum atomic E-state index is 13.6. The largest absolute Gasteiger partial charge is 1.00 e. The number of unbranched alkanes of at least 4 members (excludes halogenated alkanes) is 20. The quantitative estimate of drug-likeness (QED) is 0.0527. The predicted octanol–water partition coefficient (Wildman–Crippen LogP) is 6.84. The van der Waals surface area contributed by atoms with Gasteiger partial charge in [0.25, 0.3) is 0 Å². The first-order valence-corrected chi connectivity index (χ1v) is 17.3. The first-order valence-electron chi connectivity index (χ1n) is 17.3. The number of hydrogen-bond donors (Lipinski definition) is 1. The average Bonchev–Trinajstić information content (AvgIpc) is 2.90. The van der Waals surface area contributed by atoms with Gasteiger partial charge in [-0.15, -0.1) is 0 Å². The molecule has 0 radical (unpaired) electrons. The van der Waals surface area contributed by atoms with Crippen LogP contribution in [0.25, 0.3) is 0 Å². The normalized spacial score (nSPS) is 11.8. The fraction of sp³-hybridized carbons (Fsp3) is 0.914. The van der Waals surface area contributed by atoms with E-state index in [-0.39, 0.29) is 45.9 Å². The molecule has 0 aromatic heterocycles. The van der Waals surface area contributed by atoms with Gasteiger partial charge in [-0.3, -0.25) is 9.59 Å². The molecule has 0 amide bonds. The molecule has 0 aromatic carbocycles. The Labute approximate surface area is 265 Å². The molecule has 244 valence electrons. The smallest absolute Gasteiger partial charge is 0.382 e. The molecular formula is C35H68BrNO4. The summed E-state index contributed by atoms with van der Waals surface area (Å²) < 4.78 is -0.0907. The number of aliphatic carboxylic acids is 1. The topological polar surface area (TPSA) is 71.4 Å². The fourth-order valence-electron chi connectivity index (χ4n) is 6.32. The number of carbonyl (C=O) groups is 3. The third-order valence-electron chi connectivity index (χ3n) is 8.82. The minimum Gasteiger partial charge on any atom is -1.00 e. The van der Waals surface area contributed by atoms with Crippen LogP contribution in [-0.2, 0) is 14.4 Å². The van der Waals surface area contributed by atoms with E-state index < -0.39 is 11.5 Å². The third-order valence-corrected chi connectivity index (χ3v) is 8.82. The van der Waals surface area contributed by atoms with E-state index in [9.17, 15) is 19.5 Å². The van der Waals surface area contributed by atoms with Gasteiger partial charge in [-0.2, -0.15) is 0 Å². The molecule has 6 heteroatoms. The van der Waals surface area contributed by atoms with Crippen molar-refractivity contribution in [1.82, 2.24) is 0 Å². The maximum absolute atomic E-state index is 13.6. The van der Waals surface area contributed by atoms with E-state index in [4.69, 9.17) is 0 Å². The van der Waals surface area contributed by atoms with Gasteiger partial charge in [0.05, 0.1) is 20.6 Å². The van der Waals surface area contributed by atoms with Gasteiger partial charge in [-0.25, -0.2) is 4.79 Å². The van der Waals surface area contributed by atoms with Crippen molar-refractivity contribution in [2.24, 2.45) is 0 Å². The van der Waals surface area contributed by atoms with Crippen LogP contribution >= 0.6 is 0 Å². The molecule has 0 bridgehead atoms. The van der Waals surface area contributed by atoms with E-state index in [0.717, 1.165) is 32.1 Å². The number of carbonyl (C=O) groups excluding carboxylic acids is 2. The van der Waals surface area contributed by atoms with Gasteiger partial charge in [0.1, 0.15) is 0 Å². The first kappa shape index (κ1) is 42.4. The lowest BCUT2D eigenvalue weighted by molar-refractivity contribution is -0.912. The number of nitrogens with zero attached hydrogens (tertiary/aromatic N) is 1. The van der Waals surface area contributed by atoms with Crippen LogP contribution < -0.4 is 17.0 Å². The number of carboxylic acids is 1. The third kappa shape index (κ3) is 17.2. The Hall–Kier alpha value is -0.750. The maximum Gasteiger partial charge on any atom is 0.382 e. The number of Topliss-reactive ketones (excluding diaryl/α,β-unsaturated/α-hetero) is 2. The van der Waals surface area contributed by atoms with Crippen molar-refractivity contribution in [2.45, 2.75) is 187 Å². The van der Waals surface area contributed by atoms with Crippen LogP contribution in [0.3, 0.4) is 0 Å². The molecule has 0 spiro atoms. The summed E-state index contributed by atoms with van der Waals surface area (Å²) in [5.41, 5.74) is -1.98. The van der Waals surface area contributed by atoms with Crippen molar-refractivity contribution in [2.75, 3.05) is 20.6 Å². The number of ketones is 2. The van der Waals surface area contributed by atoms with Crippen molar-refractivity contribution in [1.29, 1.82) is 0 Å². The molecule has 0 rings (SSSR count). The Kier molecular flexibility index (Phi) is 27.8. The fourth-order valence-corrected chi connectivity index (χ4v) is 6.32. The molecule has 0 aliphatic rings. The van der Waals surface area contributed by atoms with Crippen molar-refractivity contribution >= 4 is 17.5 Å². The average molecular weight is 647 g/mol. The molecule has 0 heterocycles. The molecular weight excluding hydrogens is 578 g/mol. The van der Waals surface area contributed by atoms with Gasteiger partial charge in [0.15, 0.2) is 0 Å². The molecule has 0 saturated carbocycles. The molecule has 0 unspecified atom stereocenters. The molecule has 5 nitrogen and oxygen atoms in total. The summed E-state index contributed by atoms with van der Waals surface area (Å²) in [6, 6.07) is 0. The van der Waals surface area contributed by atoms with Crippen molar-refractivity contribution in [3.8, 4) is 0 Å². The van der Waals surface area contributed by atoms with Gasteiger partial charge in [0.2, 0.25) is 11.6 Å². The van der Waals surface area contributed by atoms with Crippen LogP contribution in [0.2, 0.25) is 0 Å². The lowest BCUT2D eigenvalue weighted by Gasteiger charge is -2.43. The highest BCUT2D eigenvalue weighted by Gasteiger charge is 2.63. The predicted molar refractivity (Wildman–Crippen MR) is 170 cm³/mol. The van der Waals surface area contributed by atoms with Crippen LogP contribution in [0.15, 0.2) is 0 Å². The number of halogens is 1. The second-order valence-corrected chi connectivity index (χ2v) is 12.8. The van der Waals surface area contributed by atoms with Gasteiger partial charge in [-0.1, -0.05) is 149 Å². The number of hydrogen-bond acceptors (Lipinski definition) is 3. The molecule has 0 fully saturated rings. The Balaban J connectivity index is 0. The first-order chi connectivity index (χ1) is 19.2. The zero-order chi connectivity index (χ0) is 30.1. The number of rotatable bonds is 30. The van der Waals surface area contributed by atoms with Crippen molar-refractivity contribution < 1.29 is 41.0 Å². The summed E-state index contributed by atoms with van der Waals surface area (Å²) in [6.07, 6.45) is 27.0. The van der Waals surface area contributed by atoms with Crippen LogP contribution in [0.4, 0.5) is 0 Å². The summed E-state index contributed by atoms with van der Waals surface area (Å²) in [5, 5.41) is 10.4. The Morgan fingerprint density at radius 1 is 0.488 bits per heavy atom. The van der Waals surface area contributed by atoms with Crippen molar-refractivity contribution in [3.05, 3.63) is 0 Å². The van der Waals surface area contributed by atoms with Gasteiger partial charge >= 0.3 is 11.5 Å². The molecule has 0 aliphatic heterocycles. The van der Waals surface area contributed by atoms with Crippen LogP contribution in [-0.4, -0.2) is 53.3 Å². The lowest BCUT2D eigenvalue weighted by atomic mass is 9.80. The van der Waals surface area contributed by atoms with Crippen LogP contribution in [0.1, 0.15) is 181 Å². The summed E-state index contributed by atoms with van der Waals surface area (Å²) >= 11 is 0. The van der Waals surface area contributed by atoms with Crippen LogP contribution in [0.5, 0.6) is 0 Å². The minimum absolute atomic E-state index is 0.